The molecule has 0 bridgehead atoms. The van der Waals surface area contributed by atoms with E-state index in [9.17, 15) is 4.79 Å². The number of hydrogen-bond acceptors (Lipinski definition) is 6. The first-order valence-electron chi connectivity index (χ1n) is 8.72. The van der Waals surface area contributed by atoms with Crippen LogP contribution >= 0.6 is 23.4 Å². The quantitative estimate of drug-likeness (QED) is 0.441. The van der Waals surface area contributed by atoms with Gasteiger partial charge in [0.1, 0.15) is 12.4 Å². The first-order valence-corrected chi connectivity index (χ1v) is 10.1. The molecule has 0 fully saturated rings. The molecule has 0 saturated carbocycles. The molecule has 0 unspecified atom stereocenters. The van der Waals surface area contributed by atoms with Gasteiger partial charge in [0.15, 0.2) is 16.1 Å². The Balaban J connectivity index is 1.59. The fraction of sp³-hybridized carbons (Fsp3) is 0.263. The van der Waals surface area contributed by atoms with Crippen molar-refractivity contribution < 1.29 is 9.53 Å². The molecule has 1 aromatic carbocycles. The van der Waals surface area contributed by atoms with Crippen LogP contribution in [0.15, 0.2) is 47.8 Å². The number of anilines is 1. The maximum absolute atomic E-state index is 12.2. The summed E-state index contributed by atoms with van der Waals surface area (Å²) < 4.78 is 7.80. The van der Waals surface area contributed by atoms with Crippen LogP contribution in [0.2, 0.25) is 5.15 Å². The second kappa shape index (κ2) is 9.57. The second-order valence-electron chi connectivity index (χ2n) is 5.88. The van der Waals surface area contributed by atoms with Gasteiger partial charge in [-0.25, -0.2) is 4.98 Å². The lowest BCUT2D eigenvalue weighted by Crippen LogP contribution is -2.15. The SMILES string of the molecule is CCn1c(COc2ccccc2C)nnc1SCC(=O)Nc1cccnc1Cl. The molecule has 1 N–H and O–H groups in total. The van der Waals surface area contributed by atoms with Gasteiger partial charge >= 0.3 is 0 Å². The van der Waals surface area contributed by atoms with Crippen LogP contribution < -0.4 is 10.1 Å². The molecule has 0 spiro atoms. The average molecular weight is 418 g/mol. The van der Waals surface area contributed by atoms with Crippen molar-refractivity contribution in [3.8, 4) is 5.75 Å². The third-order valence-electron chi connectivity index (χ3n) is 3.93. The molecule has 2 heterocycles. The molecule has 0 radical (unpaired) electrons. The number of amides is 1. The van der Waals surface area contributed by atoms with Gasteiger partial charge in [0.05, 0.1) is 11.4 Å². The third-order valence-corrected chi connectivity index (χ3v) is 5.19. The molecule has 2 aromatic heterocycles. The largest absolute Gasteiger partial charge is 0.485 e. The number of nitrogens with zero attached hydrogens (tertiary/aromatic N) is 4. The van der Waals surface area contributed by atoms with Crippen LogP contribution in [0.1, 0.15) is 18.3 Å². The van der Waals surface area contributed by atoms with Crippen molar-refractivity contribution in [3.63, 3.8) is 0 Å². The predicted molar refractivity (Wildman–Crippen MR) is 110 cm³/mol. The van der Waals surface area contributed by atoms with E-state index in [-0.39, 0.29) is 16.8 Å². The summed E-state index contributed by atoms with van der Waals surface area (Å²) in [6, 6.07) is 11.2. The highest BCUT2D eigenvalue weighted by Gasteiger charge is 2.14. The van der Waals surface area contributed by atoms with Crippen molar-refractivity contribution in [2.24, 2.45) is 0 Å². The minimum absolute atomic E-state index is 0.183. The van der Waals surface area contributed by atoms with Gasteiger partial charge in [0, 0.05) is 12.7 Å². The van der Waals surface area contributed by atoms with Crippen molar-refractivity contribution in [2.75, 3.05) is 11.1 Å². The highest BCUT2D eigenvalue weighted by molar-refractivity contribution is 7.99. The molecule has 3 aromatic rings. The molecule has 0 aliphatic heterocycles. The zero-order chi connectivity index (χ0) is 19.9. The summed E-state index contributed by atoms with van der Waals surface area (Å²) in [5, 5.41) is 12.1. The van der Waals surface area contributed by atoms with E-state index in [0.29, 0.717) is 29.8 Å². The van der Waals surface area contributed by atoms with Gasteiger partial charge in [0.25, 0.3) is 0 Å². The lowest BCUT2D eigenvalue weighted by molar-refractivity contribution is -0.113. The van der Waals surface area contributed by atoms with Crippen LogP contribution in [0, 0.1) is 6.92 Å². The topological polar surface area (TPSA) is 81.9 Å². The number of hydrogen-bond donors (Lipinski definition) is 1. The number of pyridine rings is 1. The number of para-hydroxylation sites is 1. The summed E-state index contributed by atoms with van der Waals surface area (Å²) >= 11 is 7.27. The highest BCUT2D eigenvalue weighted by atomic mass is 35.5. The number of aryl methyl sites for hydroxylation is 1. The lowest BCUT2D eigenvalue weighted by Gasteiger charge is -2.10. The van der Waals surface area contributed by atoms with Gasteiger partial charge in [-0.15, -0.1) is 10.2 Å². The van der Waals surface area contributed by atoms with E-state index in [0.717, 1.165) is 11.3 Å². The highest BCUT2D eigenvalue weighted by Crippen LogP contribution is 2.22. The number of carbonyl (C=O) groups is 1. The molecular weight excluding hydrogens is 398 g/mol. The summed E-state index contributed by atoms with van der Waals surface area (Å²) in [6.07, 6.45) is 1.57. The van der Waals surface area contributed by atoms with Crippen LogP contribution in [-0.2, 0) is 17.9 Å². The van der Waals surface area contributed by atoms with Crippen molar-refractivity contribution >= 4 is 35.0 Å². The molecule has 1 amide bonds. The Labute approximate surface area is 172 Å². The molecule has 28 heavy (non-hydrogen) atoms. The number of halogens is 1. The zero-order valence-corrected chi connectivity index (χ0v) is 17.1. The molecule has 9 heteroatoms. The average Bonchev–Trinajstić information content (AvgIpc) is 3.09. The maximum Gasteiger partial charge on any atom is 0.234 e. The van der Waals surface area contributed by atoms with Gasteiger partial charge in [-0.2, -0.15) is 0 Å². The smallest absolute Gasteiger partial charge is 0.234 e. The first kappa shape index (κ1) is 20.2. The molecule has 7 nitrogen and oxygen atoms in total. The molecule has 3 rings (SSSR count). The normalized spacial score (nSPS) is 10.7. The van der Waals surface area contributed by atoms with Gasteiger partial charge in [-0.1, -0.05) is 41.6 Å². The minimum Gasteiger partial charge on any atom is -0.485 e. The van der Waals surface area contributed by atoms with E-state index >= 15 is 0 Å². The van der Waals surface area contributed by atoms with Gasteiger partial charge in [0.2, 0.25) is 5.91 Å². The van der Waals surface area contributed by atoms with Crippen molar-refractivity contribution in [1.82, 2.24) is 19.7 Å². The summed E-state index contributed by atoms with van der Waals surface area (Å²) in [5.41, 5.74) is 1.55. The zero-order valence-electron chi connectivity index (χ0n) is 15.6. The van der Waals surface area contributed by atoms with Crippen molar-refractivity contribution in [1.29, 1.82) is 0 Å². The Hall–Kier alpha value is -2.58. The Kier molecular flexibility index (Phi) is 6.89. The predicted octanol–water partition coefficient (Wildman–Crippen LogP) is 3.96. The Morgan fingerprint density at radius 3 is 2.82 bits per heavy atom. The Morgan fingerprint density at radius 2 is 2.07 bits per heavy atom. The van der Waals surface area contributed by atoms with Gasteiger partial charge < -0.3 is 14.6 Å². The summed E-state index contributed by atoms with van der Waals surface area (Å²) in [4.78, 5) is 16.1. The molecule has 146 valence electrons. The number of carbonyl (C=O) groups excluding carboxylic acids is 1. The van der Waals surface area contributed by atoms with Crippen molar-refractivity contribution in [2.45, 2.75) is 32.2 Å². The van der Waals surface area contributed by atoms with E-state index < -0.39 is 0 Å². The standard InChI is InChI=1S/C19H20ClN5O2S/c1-3-25-16(11-27-15-9-5-4-7-13(15)2)23-24-19(25)28-12-17(26)22-14-8-6-10-21-18(14)20/h4-10H,3,11-12H2,1-2H3,(H,22,26). The van der Waals surface area contributed by atoms with Crippen LogP contribution in [0.25, 0.3) is 0 Å². The summed E-state index contributed by atoms with van der Waals surface area (Å²) in [7, 11) is 0. The number of thioether (sulfide) groups is 1. The first-order chi connectivity index (χ1) is 13.6. The molecule has 0 aliphatic carbocycles. The van der Waals surface area contributed by atoms with Crippen molar-refractivity contribution in [3.05, 3.63) is 59.1 Å². The molecule has 0 saturated heterocycles. The van der Waals surface area contributed by atoms with E-state index in [1.807, 2.05) is 42.7 Å². The van der Waals surface area contributed by atoms with E-state index in [4.69, 9.17) is 16.3 Å². The van der Waals surface area contributed by atoms with Gasteiger partial charge in [-0.3, -0.25) is 4.79 Å². The minimum atomic E-state index is -0.191. The number of nitrogens with one attached hydrogen (secondary N) is 1. The number of ether oxygens (including phenoxy) is 1. The summed E-state index contributed by atoms with van der Waals surface area (Å²) in [6.45, 7) is 4.98. The number of benzene rings is 1. The fourth-order valence-corrected chi connectivity index (χ4v) is 3.49. The van der Waals surface area contributed by atoms with Crippen LogP contribution in [0.4, 0.5) is 5.69 Å². The van der Waals surface area contributed by atoms with E-state index in [2.05, 4.69) is 20.5 Å². The molecule has 0 atom stereocenters. The van der Waals surface area contributed by atoms with Crippen LogP contribution in [0.5, 0.6) is 5.75 Å². The summed E-state index contributed by atoms with van der Waals surface area (Å²) in [5.74, 6) is 1.52. The maximum atomic E-state index is 12.2. The Bertz CT molecular complexity index is 963. The van der Waals surface area contributed by atoms with Gasteiger partial charge in [-0.05, 0) is 37.6 Å². The Morgan fingerprint density at radius 1 is 1.25 bits per heavy atom. The van der Waals surface area contributed by atoms with Crippen LogP contribution in [-0.4, -0.2) is 31.4 Å². The van der Waals surface area contributed by atoms with E-state index in [1.54, 1.807) is 18.3 Å². The third kappa shape index (κ3) is 5.02. The monoisotopic (exact) mass is 417 g/mol. The number of aromatic nitrogens is 4. The van der Waals surface area contributed by atoms with E-state index in [1.165, 1.54) is 11.8 Å². The second-order valence-corrected chi connectivity index (χ2v) is 7.18. The molecular formula is C19H20ClN5O2S. The molecule has 0 aliphatic rings. The fourth-order valence-electron chi connectivity index (χ4n) is 2.51. The van der Waals surface area contributed by atoms with Crippen LogP contribution in [0.3, 0.4) is 0 Å². The number of rotatable bonds is 8. The lowest BCUT2D eigenvalue weighted by atomic mass is 10.2.